The Morgan fingerprint density at radius 3 is 1.59 bits per heavy atom. The van der Waals surface area contributed by atoms with Crippen LogP contribution in [0.3, 0.4) is 0 Å². The predicted octanol–water partition coefficient (Wildman–Crippen LogP) is 16.7. The second kappa shape index (κ2) is 14.6. The van der Waals surface area contributed by atoms with Gasteiger partial charge < -0.3 is 9.47 Å². The van der Waals surface area contributed by atoms with E-state index in [1.54, 1.807) is 0 Å². The predicted molar refractivity (Wildman–Crippen MR) is 267 cm³/mol. The van der Waals surface area contributed by atoms with E-state index in [1.807, 2.05) is 0 Å². The molecule has 1 heterocycles. The van der Waals surface area contributed by atoms with Gasteiger partial charge >= 0.3 is 0 Å². The third-order valence-electron chi connectivity index (χ3n) is 13.4. The number of hydrogen-bond acceptors (Lipinski definition) is 1. The number of para-hydroxylation sites is 2. The molecule has 2 heteroatoms. The summed E-state index contributed by atoms with van der Waals surface area (Å²) in [6.07, 6.45) is 0. The van der Waals surface area contributed by atoms with Crippen molar-refractivity contribution in [2.24, 2.45) is 0 Å². The van der Waals surface area contributed by atoms with Gasteiger partial charge in [0, 0.05) is 38.9 Å². The summed E-state index contributed by atoms with van der Waals surface area (Å²) in [6, 6.07) is 84.6. The molecule has 0 amide bonds. The highest BCUT2D eigenvalue weighted by Crippen LogP contribution is 2.50. The number of benzene rings is 10. The van der Waals surface area contributed by atoms with Crippen LogP contribution >= 0.6 is 0 Å². The molecule has 12 rings (SSSR count). The third-order valence-corrected chi connectivity index (χ3v) is 13.4. The molecular formula is C61H44N2. The Morgan fingerprint density at radius 2 is 0.857 bits per heavy atom. The van der Waals surface area contributed by atoms with Crippen molar-refractivity contribution in [1.82, 2.24) is 4.57 Å². The molecule has 1 aromatic heterocycles. The molecule has 0 unspecified atom stereocenters. The molecule has 1 aliphatic rings. The highest BCUT2D eigenvalue weighted by atomic mass is 15.1. The monoisotopic (exact) mass is 804 g/mol. The Labute approximate surface area is 368 Å². The van der Waals surface area contributed by atoms with Crippen LogP contribution in [-0.2, 0) is 5.41 Å². The Hall–Kier alpha value is -7.94. The number of hydrogen-bond donors (Lipinski definition) is 0. The topological polar surface area (TPSA) is 8.17 Å². The van der Waals surface area contributed by atoms with Crippen molar-refractivity contribution in [3.63, 3.8) is 0 Å². The summed E-state index contributed by atoms with van der Waals surface area (Å²) in [4.78, 5) is 2.39. The second-order valence-electron chi connectivity index (χ2n) is 17.4. The molecule has 0 aliphatic heterocycles. The molecular weight excluding hydrogens is 761 g/mol. The lowest BCUT2D eigenvalue weighted by Gasteiger charge is -2.27. The number of aromatic nitrogens is 1. The van der Waals surface area contributed by atoms with Crippen molar-refractivity contribution in [3.05, 3.63) is 242 Å². The Balaban J connectivity index is 0.936. The van der Waals surface area contributed by atoms with Crippen molar-refractivity contribution in [2.75, 3.05) is 4.90 Å². The van der Waals surface area contributed by atoms with E-state index < -0.39 is 0 Å². The Morgan fingerprint density at radius 1 is 0.333 bits per heavy atom. The van der Waals surface area contributed by atoms with Gasteiger partial charge in [0.1, 0.15) is 0 Å². The fourth-order valence-electron chi connectivity index (χ4n) is 10.3. The SMILES string of the molecule is CC1(C)c2ccccc2-c2ccc(-c3ccc(N(c4ccc(-c5cccc(-n6c7ccccc7c7ccccc76)c5)cc4)c4cccc(-c5cccc6ccccc56)c4)cc3)cc21. The molecule has 0 N–H and O–H groups in total. The van der Waals surface area contributed by atoms with Gasteiger partial charge in [0.15, 0.2) is 0 Å². The van der Waals surface area contributed by atoms with Gasteiger partial charge in [-0.15, -0.1) is 0 Å². The van der Waals surface area contributed by atoms with Crippen molar-refractivity contribution in [1.29, 1.82) is 0 Å². The van der Waals surface area contributed by atoms with E-state index >= 15 is 0 Å². The minimum Gasteiger partial charge on any atom is -0.310 e. The average molecular weight is 805 g/mol. The van der Waals surface area contributed by atoms with Crippen LogP contribution in [0, 0.1) is 0 Å². The first-order valence-electron chi connectivity index (χ1n) is 21.9. The van der Waals surface area contributed by atoms with Crippen LogP contribution in [-0.4, -0.2) is 4.57 Å². The third kappa shape index (κ3) is 6.09. The number of anilines is 3. The standard InChI is InChI=1S/C61H44N2/c1-61(2)57-25-8-5-21-53(57)54-37-32-45(40-58(54)61)42-30-35-48(36-31-42)62(49-18-12-17-46(39-49)52-24-13-15-43-14-3-4-20-51(43)52)47-33-28-41(29-34-47)44-16-11-19-50(38-44)63-59-26-9-6-22-55(59)56-23-7-10-27-60(56)63/h3-40H,1-2H3. The molecule has 0 radical (unpaired) electrons. The van der Waals surface area contributed by atoms with Crippen LogP contribution in [0.4, 0.5) is 17.1 Å². The number of nitrogens with zero attached hydrogens (tertiary/aromatic N) is 2. The van der Waals surface area contributed by atoms with Gasteiger partial charge in [0.2, 0.25) is 0 Å². The minimum atomic E-state index is -0.0493. The zero-order valence-corrected chi connectivity index (χ0v) is 35.3. The van der Waals surface area contributed by atoms with E-state index in [2.05, 4.69) is 254 Å². The summed E-state index contributed by atoms with van der Waals surface area (Å²) >= 11 is 0. The van der Waals surface area contributed by atoms with Crippen LogP contribution in [0.2, 0.25) is 0 Å². The molecule has 0 saturated carbocycles. The molecule has 63 heavy (non-hydrogen) atoms. The summed E-state index contributed by atoms with van der Waals surface area (Å²) in [5, 5.41) is 5.02. The molecule has 1 aliphatic carbocycles. The molecule has 0 saturated heterocycles. The smallest absolute Gasteiger partial charge is 0.0541 e. The summed E-state index contributed by atoms with van der Waals surface area (Å²) < 4.78 is 2.39. The summed E-state index contributed by atoms with van der Waals surface area (Å²) in [6.45, 7) is 4.70. The molecule has 0 fully saturated rings. The van der Waals surface area contributed by atoms with Crippen LogP contribution < -0.4 is 4.90 Å². The van der Waals surface area contributed by atoms with E-state index in [1.165, 1.54) is 88.2 Å². The maximum Gasteiger partial charge on any atom is 0.0541 e. The number of fused-ring (bicyclic) bond motifs is 7. The van der Waals surface area contributed by atoms with Gasteiger partial charge in [-0.1, -0.05) is 178 Å². The van der Waals surface area contributed by atoms with Crippen LogP contribution in [0.25, 0.3) is 82.8 Å². The first-order chi connectivity index (χ1) is 31.0. The van der Waals surface area contributed by atoms with E-state index in [-0.39, 0.29) is 5.41 Å². The molecule has 0 bridgehead atoms. The quantitative estimate of drug-likeness (QED) is 0.156. The largest absolute Gasteiger partial charge is 0.310 e. The zero-order valence-electron chi connectivity index (χ0n) is 35.3. The summed E-state index contributed by atoms with van der Waals surface area (Å²) in [5.74, 6) is 0. The maximum atomic E-state index is 2.41. The average Bonchev–Trinajstić information content (AvgIpc) is 3.80. The van der Waals surface area contributed by atoms with Crippen molar-refractivity contribution in [2.45, 2.75) is 19.3 Å². The van der Waals surface area contributed by atoms with E-state index in [0.717, 1.165) is 22.7 Å². The van der Waals surface area contributed by atoms with Crippen molar-refractivity contribution < 1.29 is 0 Å². The maximum absolute atomic E-state index is 2.41. The second-order valence-corrected chi connectivity index (χ2v) is 17.4. The van der Waals surface area contributed by atoms with Gasteiger partial charge in [0.25, 0.3) is 0 Å². The number of rotatable bonds is 7. The molecule has 298 valence electrons. The molecule has 0 atom stereocenters. The lowest BCUT2D eigenvalue weighted by molar-refractivity contribution is 0.660. The lowest BCUT2D eigenvalue weighted by Crippen LogP contribution is -2.14. The Bertz CT molecular complexity index is 3470. The lowest BCUT2D eigenvalue weighted by atomic mass is 9.81. The Kier molecular flexibility index (Phi) is 8.55. The van der Waals surface area contributed by atoms with E-state index in [0.29, 0.717) is 0 Å². The highest BCUT2D eigenvalue weighted by molar-refractivity contribution is 6.09. The van der Waals surface area contributed by atoms with E-state index in [4.69, 9.17) is 0 Å². The summed E-state index contributed by atoms with van der Waals surface area (Å²) in [5.41, 5.74) is 19.5. The van der Waals surface area contributed by atoms with Crippen molar-refractivity contribution in [3.8, 4) is 50.2 Å². The zero-order chi connectivity index (χ0) is 42.1. The van der Waals surface area contributed by atoms with Crippen molar-refractivity contribution >= 4 is 49.6 Å². The van der Waals surface area contributed by atoms with Gasteiger partial charge in [-0.05, 0) is 133 Å². The first-order valence-corrected chi connectivity index (χ1v) is 21.9. The highest BCUT2D eigenvalue weighted by Gasteiger charge is 2.35. The van der Waals surface area contributed by atoms with Crippen LogP contribution in [0.5, 0.6) is 0 Å². The van der Waals surface area contributed by atoms with Crippen LogP contribution in [0.15, 0.2) is 231 Å². The first kappa shape index (κ1) is 36.9. The van der Waals surface area contributed by atoms with Gasteiger partial charge in [0.05, 0.1) is 11.0 Å². The fourth-order valence-corrected chi connectivity index (χ4v) is 10.3. The summed E-state index contributed by atoms with van der Waals surface area (Å²) in [7, 11) is 0. The van der Waals surface area contributed by atoms with Gasteiger partial charge in [-0.25, -0.2) is 0 Å². The normalized spacial score (nSPS) is 12.7. The molecule has 11 aromatic rings. The van der Waals surface area contributed by atoms with Gasteiger partial charge in [-0.2, -0.15) is 0 Å². The molecule has 0 spiro atoms. The molecule has 2 nitrogen and oxygen atoms in total. The van der Waals surface area contributed by atoms with E-state index in [9.17, 15) is 0 Å². The van der Waals surface area contributed by atoms with Gasteiger partial charge in [-0.3, -0.25) is 0 Å². The fraction of sp³-hybridized carbons (Fsp3) is 0.0492. The van der Waals surface area contributed by atoms with Crippen LogP contribution in [0.1, 0.15) is 25.0 Å². The minimum absolute atomic E-state index is 0.0493. The molecule has 10 aromatic carbocycles.